The normalized spacial score (nSPS) is 21.2. The maximum atomic E-state index is 14.0. The lowest BCUT2D eigenvalue weighted by molar-refractivity contribution is -0.295. The smallest absolute Gasteiger partial charge is 0.408 e. The molecule has 0 aromatic carbocycles. The summed E-state index contributed by atoms with van der Waals surface area (Å²) in [5, 5.41) is 30.1. The standard InChI is InChI=1S/C38H66N7O10/c1-22(39-27(47)23(2)41-30(50)37(18-16-15-17-19-37)44-32(52)55-34(8,9)10)26(46)40-24(3)28(48)43-38(20-35(11,12)45(53)36(13,14)21-38)31(51)42-25(4)29(49)54-33(5,6)7/h22-25H,15-21H2,1-14H3,(H,39,47)(H,40,46)(H,41,50)(H,42,51)(H,43,48)(H,44,52)/t22-,23-,24-,25-/m0/s1. The molecule has 1 aliphatic heterocycles. The Morgan fingerprint density at radius 3 is 1.40 bits per heavy atom. The lowest BCUT2D eigenvalue weighted by Crippen LogP contribution is -2.73. The van der Waals surface area contributed by atoms with Crippen molar-refractivity contribution >= 4 is 41.6 Å². The maximum absolute atomic E-state index is 14.0. The van der Waals surface area contributed by atoms with Crippen molar-refractivity contribution in [3.05, 3.63) is 0 Å². The van der Waals surface area contributed by atoms with Gasteiger partial charge in [0, 0.05) is 11.1 Å². The zero-order valence-corrected chi connectivity index (χ0v) is 35.3. The number of ether oxygens (including phenoxy) is 2. The highest BCUT2D eigenvalue weighted by Crippen LogP contribution is 2.43. The number of hydroxylamine groups is 2. The Hall–Kier alpha value is -3.99. The van der Waals surface area contributed by atoms with Crippen LogP contribution in [-0.2, 0) is 43.4 Å². The molecular formula is C38H66N7O10. The Kier molecular flexibility index (Phi) is 14.9. The molecule has 2 rings (SSSR count). The van der Waals surface area contributed by atoms with Gasteiger partial charge in [-0.25, -0.2) is 9.59 Å². The largest absolute Gasteiger partial charge is 0.458 e. The maximum Gasteiger partial charge on any atom is 0.408 e. The quantitative estimate of drug-likeness (QED) is 0.158. The number of rotatable bonds is 12. The van der Waals surface area contributed by atoms with E-state index in [4.69, 9.17) is 9.47 Å². The Morgan fingerprint density at radius 2 is 0.945 bits per heavy atom. The van der Waals surface area contributed by atoms with Gasteiger partial charge in [-0.2, -0.15) is 0 Å². The van der Waals surface area contributed by atoms with Crippen molar-refractivity contribution in [3.63, 3.8) is 0 Å². The van der Waals surface area contributed by atoms with Crippen LogP contribution in [0.25, 0.3) is 0 Å². The molecule has 2 aliphatic rings. The van der Waals surface area contributed by atoms with E-state index in [1.807, 2.05) is 0 Å². The van der Waals surface area contributed by atoms with Crippen molar-refractivity contribution in [3.8, 4) is 0 Å². The first kappa shape index (κ1) is 47.2. The van der Waals surface area contributed by atoms with Crippen LogP contribution in [0.2, 0.25) is 0 Å². The Labute approximate surface area is 325 Å². The highest BCUT2D eigenvalue weighted by Gasteiger charge is 2.57. The molecule has 0 spiro atoms. The van der Waals surface area contributed by atoms with Crippen LogP contribution in [0, 0.1) is 0 Å². The number of hydrogen-bond donors (Lipinski definition) is 6. The third-order valence-electron chi connectivity index (χ3n) is 9.60. The molecule has 313 valence electrons. The average Bonchev–Trinajstić information content (AvgIpc) is 3.01. The predicted octanol–water partition coefficient (Wildman–Crippen LogP) is 2.43. The van der Waals surface area contributed by atoms with E-state index in [1.54, 1.807) is 69.2 Å². The molecule has 6 N–H and O–H groups in total. The van der Waals surface area contributed by atoms with Gasteiger partial charge < -0.3 is 41.4 Å². The first-order chi connectivity index (χ1) is 24.9. The molecule has 0 unspecified atom stereocenters. The zero-order chi connectivity index (χ0) is 42.5. The van der Waals surface area contributed by atoms with Gasteiger partial charge in [-0.3, -0.25) is 24.0 Å². The van der Waals surface area contributed by atoms with Crippen molar-refractivity contribution in [2.45, 2.75) is 199 Å². The van der Waals surface area contributed by atoms with Gasteiger partial charge in [-0.1, -0.05) is 19.3 Å². The second-order valence-electron chi connectivity index (χ2n) is 18.5. The van der Waals surface area contributed by atoms with Gasteiger partial charge >= 0.3 is 12.1 Å². The van der Waals surface area contributed by atoms with Crippen LogP contribution in [0.15, 0.2) is 0 Å². The predicted molar refractivity (Wildman–Crippen MR) is 202 cm³/mol. The molecule has 1 aliphatic carbocycles. The number of amides is 6. The Bertz CT molecular complexity index is 1440. The van der Waals surface area contributed by atoms with E-state index in [-0.39, 0.29) is 12.8 Å². The number of nitrogens with zero attached hydrogens (tertiary/aromatic N) is 1. The average molecular weight is 781 g/mol. The van der Waals surface area contributed by atoms with Crippen molar-refractivity contribution < 1.29 is 48.2 Å². The molecule has 17 heteroatoms. The number of alkyl carbamates (subject to hydrolysis) is 1. The summed E-state index contributed by atoms with van der Waals surface area (Å²) >= 11 is 0. The van der Waals surface area contributed by atoms with Crippen LogP contribution >= 0.6 is 0 Å². The fraction of sp³-hybridized carbons (Fsp3) is 0.816. The number of nitrogens with one attached hydrogen (secondary N) is 6. The molecule has 0 aromatic rings. The van der Waals surface area contributed by atoms with Gasteiger partial charge in [-0.05, 0) is 123 Å². The van der Waals surface area contributed by atoms with Crippen LogP contribution in [0.3, 0.4) is 0 Å². The molecule has 1 radical (unpaired) electrons. The lowest BCUT2D eigenvalue weighted by Gasteiger charge is -2.54. The van der Waals surface area contributed by atoms with Gasteiger partial charge in [0.25, 0.3) is 0 Å². The van der Waals surface area contributed by atoms with Crippen LogP contribution in [0.4, 0.5) is 4.79 Å². The van der Waals surface area contributed by atoms with E-state index >= 15 is 0 Å². The summed E-state index contributed by atoms with van der Waals surface area (Å²) in [6.07, 6.45) is 2.03. The molecule has 55 heavy (non-hydrogen) atoms. The van der Waals surface area contributed by atoms with Crippen molar-refractivity contribution in [2.75, 3.05) is 0 Å². The second kappa shape index (κ2) is 17.4. The van der Waals surface area contributed by atoms with Gasteiger partial charge in [-0.15, -0.1) is 10.3 Å². The summed E-state index contributed by atoms with van der Waals surface area (Å²) in [5.41, 5.74) is -6.77. The summed E-state index contributed by atoms with van der Waals surface area (Å²) in [5.74, 6) is -4.07. The van der Waals surface area contributed by atoms with E-state index in [9.17, 15) is 38.8 Å². The zero-order valence-electron chi connectivity index (χ0n) is 35.3. The fourth-order valence-electron chi connectivity index (χ4n) is 7.21. The van der Waals surface area contributed by atoms with Gasteiger partial charge in [0.1, 0.15) is 46.4 Å². The third kappa shape index (κ3) is 13.0. The van der Waals surface area contributed by atoms with Gasteiger partial charge in [0.15, 0.2) is 0 Å². The molecular weight excluding hydrogens is 714 g/mol. The summed E-state index contributed by atoms with van der Waals surface area (Å²) in [4.78, 5) is 93.0. The van der Waals surface area contributed by atoms with Crippen LogP contribution in [0.5, 0.6) is 0 Å². The number of carbonyl (C=O) groups excluding carboxylic acids is 7. The minimum atomic E-state index is -1.66. The summed E-state index contributed by atoms with van der Waals surface area (Å²) < 4.78 is 10.8. The third-order valence-corrected chi connectivity index (χ3v) is 9.60. The molecule has 0 bridgehead atoms. The van der Waals surface area contributed by atoms with Gasteiger partial charge in [0.2, 0.25) is 29.5 Å². The second-order valence-corrected chi connectivity index (χ2v) is 18.5. The van der Waals surface area contributed by atoms with Crippen molar-refractivity contribution in [1.29, 1.82) is 0 Å². The Balaban J connectivity index is 2.15. The number of hydrogen-bond acceptors (Lipinski definition) is 10. The highest BCUT2D eigenvalue weighted by atomic mass is 16.6. The molecule has 4 atom stereocenters. The topological polar surface area (TPSA) is 233 Å². The number of carbonyl (C=O) groups is 7. The first-order valence-electron chi connectivity index (χ1n) is 19.1. The molecule has 1 saturated heterocycles. The molecule has 1 heterocycles. The highest BCUT2D eigenvalue weighted by molar-refractivity contribution is 5.98. The van der Waals surface area contributed by atoms with Crippen molar-refractivity contribution in [2.24, 2.45) is 0 Å². The minimum Gasteiger partial charge on any atom is -0.458 e. The number of piperidine rings is 1. The number of esters is 1. The monoisotopic (exact) mass is 780 g/mol. The molecule has 0 aromatic heterocycles. The summed E-state index contributed by atoms with van der Waals surface area (Å²) in [6.45, 7) is 22.5. The van der Waals surface area contributed by atoms with E-state index in [0.29, 0.717) is 25.7 Å². The lowest BCUT2D eigenvalue weighted by atomic mass is 9.69. The molecule has 1 saturated carbocycles. The minimum absolute atomic E-state index is 0.114. The van der Waals surface area contributed by atoms with Crippen molar-refractivity contribution in [1.82, 2.24) is 37.0 Å². The fourth-order valence-corrected chi connectivity index (χ4v) is 7.21. The van der Waals surface area contributed by atoms with Crippen LogP contribution in [-0.4, -0.2) is 104 Å². The van der Waals surface area contributed by atoms with Crippen LogP contribution in [0.1, 0.15) is 142 Å². The molecule has 17 nitrogen and oxygen atoms in total. The van der Waals surface area contributed by atoms with E-state index < -0.39 is 99.1 Å². The van der Waals surface area contributed by atoms with Gasteiger partial charge in [0.05, 0.1) is 0 Å². The first-order valence-corrected chi connectivity index (χ1v) is 19.1. The van der Waals surface area contributed by atoms with E-state index in [0.717, 1.165) is 11.5 Å². The van der Waals surface area contributed by atoms with E-state index in [2.05, 4.69) is 31.9 Å². The molecule has 2 fully saturated rings. The SMILES string of the molecule is C[C@H](NC(=O)[C@H](C)NC(=O)C1(NC(=O)OC(C)(C)C)CCCCC1)C(=O)N[C@@H](C)C(=O)NC1(C(=O)N[C@@H](C)C(=O)OC(C)(C)C)CC(C)(C)N([O])C(C)(C)C1. The van der Waals surface area contributed by atoms with Crippen LogP contribution < -0.4 is 31.9 Å². The summed E-state index contributed by atoms with van der Waals surface area (Å²) in [6, 6.07) is -4.54. The molecule has 6 amide bonds. The Morgan fingerprint density at radius 1 is 0.545 bits per heavy atom. The summed E-state index contributed by atoms with van der Waals surface area (Å²) in [7, 11) is 0. The van der Waals surface area contributed by atoms with E-state index in [1.165, 1.54) is 27.7 Å².